The Morgan fingerprint density at radius 1 is 1.44 bits per heavy atom. The first kappa shape index (κ1) is 14.9. The quantitative estimate of drug-likeness (QED) is 0.630. The average Bonchev–Trinajstić information content (AvgIpc) is 2.26. The number of nitrogens with zero attached hydrogens (tertiary/aromatic N) is 1. The fourth-order valence-electron chi connectivity index (χ4n) is 1.93. The van der Waals surface area contributed by atoms with E-state index in [9.17, 15) is 10.1 Å². The van der Waals surface area contributed by atoms with Gasteiger partial charge in [0, 0.05) is 18.2 Å². The Bertz CT molecular complexity index is 433. The van der Waals surface area contributed by atoms with E-state index in [-0.39, 0.29) is 11.2 Å². The SMILES string of the molecule is CCCC(C)(C)NCc1c(Cl)cccc1[N+](=O)[O-]. The Labute approximate surface area is 112 Å². The third-order valence-corrected chi connectivity index (χ3v) is 3.26. The largest absolute Gasteiger partial charge is 0.307 e. The summed E-state index contributed by atoms with van der Waals surface area (Å²) in [6.45, 7) is 6.68. The highest BCUT2D eigenvalue weighted by molar-refractivity contribution is 6.31. The van der Waals surface area contributed by atoms with Gasteiger partial charge in [-0.1, -0.05) is 31.0 Å². The molecule has 1 rings (SSSR count). The summed E-state index contributed by atoms with van der Waals surface area (Å²) in [5.74, 6) is 0. The van der Waals surface area contributed by atoms with Gasteiger partial charge in [0.05, 0.1) is 15.5 Å². The number of nitrogens with one attached hydrogen (secondary N) is 1. The van der Waals surface area contributed by atoms with Crippen molar-refractivity contribution in [1.82, 2.24) is 5.32 Å². The molecule has 100 valence electrons. The molecule has 18 heavy (non-hydrogen) atoms. The highest BCUT2D eigenvalue weighted by Crippen LogP contribution is 2.26. The van der Waals surface area contributed by atoms with Crippen LogP contribution in [0.15, 0.2) is 18.2 Å². The lowest BCUT2D eigenvalue weighted by Crippen LogP contribution is -2.38. The van der Waals surface area contributed by atoms with E-state index >= 15 is 0 Å². The van der Waals surface area contributed by atoms with Crippen LogP contribution in [0.3, 0.4) is 0 Å². The molecule has 0 heterocycles. The lowest BCUT2D eigenvalue weighted by molar-refractivity contribution is -0.385. The lowest BCUT2D eigenvalue weighted by atomic mass is 9.98. The molecule has 0 aliphatic rings. The van der Waals surface area contributed by atoms with Crippen molar-refractivity contribution in [2.24, 2.45) is 0 Å². The zero-order valence-corrected chi connectivity index (χ0v) is 11.8. The summed E-state index contributed by atoms with van der Waals surface area (Å²) in [6.07, 6.45) is 2.07. The van der Waals surface area contributed by atoms with E-state index in [1.54, 1.807) is 12.1 Å². The van der Waals surface area contributed by atoms with E-state index in [0.717, 1.165) is 12.8 Å². The monoisotopic (exact) mass is 270 g/mol. The van der Waals surface area contributed by atoms with Gasteiger partial charge < -0.3 is 5.32 Å². The van der Waals surface area contributed by atoms with Crippen molar-refractivity contribution in [3.63, 3.8) is 0 Å². The van der Waals surface area contributed by atoms with Gasteiger partial charge >= 0.3 is 0 Å². The van der Waals surface area contributed by atoms with Crippen molar-refractivity contribution >= 4 is 17.3 Å². The molecule has 5 heteroatoms. The first-order valence-corrected chi connectivity index (χ1v) is 6.42. The van der Waals surface area contributed by atoms with E-state index < -0.39 is 4.92 Å². The van der Waals surface area contributed by atoms with Gasteiger partial charge in [-0.25, -0.2) is 0 Å². The highest BCUT2D eigenvalue weighted by atomic mass is 35.5. The molecule has 0 aliphatic heterocycles. The van der Waals surface area contributed by atoms with E-state index in [4.69, 9.17) is 11.6 Å². The van der Waals surface area contributed by atoms with E-state index in [2.05, 4.69) is 26.1 Å². The van der Waals surface area contributed by atoms with Crippen molar-refractivity contribution in [2.75, 3.05) is 0 Å². The molecule has 0 atom stereocenters. The summed E-state index contributed by atoms with van der Waals surface area (Å²) in [7, 11) is 0. The van der Waals surface area contributed by atoms with Crippen LogP contribution >= 0.6 is 11.6 Å². The van der Waals surface area contributed by atoms with Crippen LogP contribution in [-0.2, 0) is 6.54 Å². The van der Waals surface area contributed by atoms with Gasteiger partial charge in [-0.3, -0.25) is 10.1 Å². The summed E-state index contributed by atoms with van der Waals surface area (Å²) in [4.78, 5) is 10.6. The van der Waals surface area contributed by atoms with Crippen molar-refractivity contribution in [3.8, 4) is 0 Å². The minimum Gasteiger partial charge on any atom is -0.307 e. The van der Waals surface area contributed by atoms with Crippen LogP contribution in [0, 0.1) is 10.1 Å². The number of nitro benzene ring substituents is 1. The van der Waals surface area contributed by atoms with Gasteiger partial charge in [-0.2, -0.15) is 0 Å². The third-order valence-electron chi connectivity index (χ3n) is 2.91. The number of nitro groups is 1. The van der Waals surface area contributed by atoms with Crippen LogP contribution in [0.4, 0.5) is 5.69 Å². The van der Waals surface area contributed by atoms with Gasteiger partial charge in [-0.15, -0.1) is 0 Å². The van der Waals surface area contributed by atoms with Crippen molar-refractivity contribution in [2.45, 2.75) is 45.7 Å². The number of benzene rings is 1. The molecule has 0 bridgehead atoms. The second-order valence-corrected chi connectivity index (χ2v) is 5.39. The van der Waals surface area contributed by atoms with Crippen LogP contribution in [0.1, 0.15) is 39.2 Å². The molecule has 0 unspecified atom stereocenters. The topological polar surface area (TPSA) is 55.2 Å². The van der Waals surface area contributed by atoms with Gasteiger partial charge in [0.15, 0.2) is 0 Å². The van der Waals surface area contributed by atoms with Crippen LogP contribution in [0.5, 0.6) is 0 Å². The molecule has 0 saturated carbocycles. The molecule has 4 nitrogen and oxygen atoms in total. The second kappa shape index (κ2) is 6.16. The molecule has 0 amide bonds. The summed E-state index contributed by atoms with van der Waals surface area (Å²) < 4.78 is 0. The van der Waals surface area contributed by atoms with Crippen LogP contribution < -0.4 is 5.32 Å². The molecular weight excluding hydrogens is 252 g/mol. The normalized spacial score (nSPS) is 11.6. The molecule has 0 radical (unpaired) electrons. The summed E-state index contributed by atoms with van der Waals surface area (Å²) in [5.41, 5.74) is 0.567. The second-order valence-electron chi connectivity index (χ2n) is 4.98. The molecule has 1 aromatic carbocycles. The molecule has 0 spiro atoms. The third kappa shape index (κ3) is 3.96. The Balaban J connectivity index is 2.87. The van der Waals surface area contributed by atoms with Crippen LogP contribution in [-0.4, -0.2) is 10.5 Å². The van der Waals surface area contributed by atoms with Crippen molar-refractivity contribution in [3.05, 3.63) is 38.9 Å². The van der Waals surface area contributed by atoms with Crippen molar-refractivity contribution < 1.29 is 4.92 Å². The molecule has 0 fully saturated rings. The molecule has 0 aromatic heterocycles. The smallest absolute Gasteiger partial charge is 0.275 e. The number of halogens is 1. The molecular formula is C13H19ClN2O2. The Morgan fingerprint density at radius 3 is 2.67 bits per heavy atom. The zero-order valence-electron chi connectivity index (χ0n) is 11.0. The van der Waals surface area contributed by atoms with E-state index in [1.807, 2.05) is 0 Å². The number of hydrogen-bond acceptors (Lipinski definition) is 3. The first-order valence-electron chi connectivity index (χ1n) is 6.04. The summed E-state index contributed by atoms with van der Waals surface area (Å²) >= 11 is 6.03. The predicted octanol–water partition coefficient (Wildman–Crippen LogP) is 3.92. The molecule has 0 saturated heterocycles. The fraction of sp³-hybridized carbons (Fsp3) is 0.538. The molecule has 1 aromatic rings. The number of hydrogen-bond donors (Lipinski definition) is 1. The Hall–Kier alpha value is -1.13. The van der Waals surface area contributed by atoms with Gasteiger partial charge in [0.1, 0.15) is 0 Å². The van der Waals surface area contributed by atoms with Gasteiger partial charge in [0.25, 0.3) is 5.69 Å². The maximum Gasteiger partial charge on any atom is 0.275 e. The maximum absolute atomic E-state index is 10.9. The van der Waals surface area contributed by atoms with Gasteiger partial charge in [-0.05, 0) is 26.3 Å². The van der Waals surface area contributed by atoms with Crippen molar-refractivity contribution in [1.29, 1.82) is 0 Å². The minimum atomic E-state index is -0.393. The standard InChI is InChI=1S/C13H19ClN2O2/c1-4-8-13(2,3)15-9-10-11(14)6-5-7-12(10)16(17)18/h5-7,15H,4,8-9H2,1-3H3. The first-order chi connectivity index (χ1) is 8.37. The molecule has 1 N–H and O–H groups in total. The highest BCUT2D eigenvalue weighted by Gasteiger charge is 2.20. The summed E-state index contributed by atoms with van der Waals surface area (Å²) in [6, 6.07) is 4.76. The molecule has 0 aliphatic carbocycles. The average molecular weight is 271 g/mol. The van der Waals surface area contributed by atoms with E-state index in [0.29, 0.717) is 17.1 Å². The minimum absolute atomic E-state index is 0.0538. The lowest BCUT2D eigenvalue weighted by Gasteiger charge is -2.26. The van der Waals surface area contributed by atoms with Crippen LogP contribution in [0.25, 0.3) is 0 Å². The van der Waals surface area contributed by atoms with Crippen LogP contribution in [0.2, 0.25) is 5.02 Å². The maximum atomic E-state index is 10.9. The number of rotatable bonds is 6. The zero-order chi connectivity index (χ0) is 13.8. The Kier molecular flexibility index (Phi) is 5.11. The predicted molar refractivity (Wildman–Crippen MR) is 73.9 cm³/mol. The summed E-state index contributed by atoms with van der Waals surface area (Å²) in [5, 5.41) is 14.7. The van der Waals surface area contributed by atoms with Gasteiger partial charge in [0.2, 0.25) is 0 Å². The fourth-order valence-corrected chi connectivity index (χ4v) is 2.17. The Morgan fingerprint density at radius 2 is 2.11 bits per heavy atom. The van der Waals surface area contributed by atoms with E-state index in [1.165, 1.54) is 6.07 Å².